The molecule has 1 aliphatic carbocycles. The Morgan fingerprint density at radius 2 is 1.90 bits per heavy atom. The van der Waals surface area contributed by atoms with Crippen molar-refractivity contribution in [2.75, 3.05) is 37.9 Å². The number of rotatable bonds is 6. The summed E-state index contributed by atoms with van der Waals surface area (Å²) in [4.78, 5) is 37.4. The van der Waals surface area contributed by atoms with Crippen LogP contribution in [0.5, 0.6) is 0 Å². The highest BCUT2D eigenvalue weighted by molar-refractivity contribution is 6.11. The van der Waals surface area contributed by atoms with E-state index in [1.54, 1.807) is 6.20 Å². The minimum Gasteiger partial charge on any atom is -0.381 e. The van der Waals surface area contributed by atoms with Gasteiger partial charge in [-0.15, -0.1) is 0 Å². The molecular formula is C30H32N6O3. The molecule has 2 fully saturated rings. The number of pyridine rings is 2. The Kier molecular flexibility index (Phi) is 5.68. The molecule has 2 amide bonds. The number of hydrogen-bond acceptors (Lipinski definition) is 7. The first-order valence-corrected chi connectivity index (χ1v) is 13.7. The molecule has 7 rings (SSSR count). The first-order chi connectivity index (χ1) is 18.9. The summed E-state index contributed by atoms with van der Waals surface area (Å²) in [5.74, 6) is 1.73. The number of fused-ring (bicyclic) bond motifs is 3. The Labute approximate surface area is 227 Å². The van der Waals surface area contributed by atoms with Gasteiger partial charge in [0.05, 0.1) is 22.4 Å². The van der Waals surface area contributed by atoms with Crippen molar-refractivity contribution in [3.8, 4) is 11.1 Å². The first kappa shape index (κ1) is 24.2. The maximum atomic E-state index is 13.1. The van der Waals surface area contributed by atoms with Crippen LogP contribution in [0.4, 0.5) is 17.3 Å². The Bertz CT molecular complexity index is 1510. The highest BCUT2D eigenvalue weighted by atomic mass is 16.5. The van der Waals surface area contributed by atoms with Crippen LogP contribution in [0.3, 0.4) is 0 Å². The fourth-order valence-corrected chi connectivity index (χ4v) is 6.44. The standard InChI is InChI=1S/C30H32N6O3/c1-36(2)16-23-18(17-8-13-39-14-9-17)4-6-24(34-23)33-22-5-3-19(21-15-32-28(37)25(21)22)20-7-12-31-27-26(20)30(10-11-30)29(38)35-27/h3-7,12,17H,8-11,13-16H2,1-2H3,(H,32,37)(H,33,34)(H,31,35,38). The van der Waals surface area contributed by atoms with Crippen molar-refractivity contribution in [3.05, 3.63) is 64.5 Å². The molecule has 3 aliphatic heterocycles. The lowest BCUT2D eigenvalue weighted by molar-refractivity contribution is -0.117. The fourth-order valence-electron chi connectivity index (χ4n) is 6.44. The molecule has 200 valence electrons. The van der Waals surface area contributed by atoms with Crippen molar-refractivity contribution in [2.24, 2.45) is 0 Å². The number of anilines is 3. The van der Waals surface area contributed by atoms with E-state index in [0.29, 0.717) is 29.7 Å². The highest BCUT2D eigenvalue weighted by Crippen LogP contribution is 2.57. The number of hydrogen-bond donors (Lipinski definition) is 3. The number of amides is 2. The number of ether oxygens (including phenoxy) is 1. The zero-order valence-electron chi connectivity index (χ0n) is 22.3. The Morgan fingerprint density at radius 3 is 2.67 bits per heavy atom. The molecule has 0 bridgehead atoms. The smallest absolute Gasteiger partial charge is 0.254 e. The van der Waals surface area contributed by atoms with Crippen molar-refractivity contribution in [1.82, 2.24) is 20.2 Å². The molecule has 3 N–H and O–H groups in total. The lowest BCUT2D eigenvalue weighted by Gasteiger charge is -2.25. The summed E-state index contributed by atoms with van der Waals surface area (Å²) in [6.07, 6.45) is 5.40. The zero-order chi connectivity index (χ0) is 26.7. The normalized spacial score (nSPS) is 19.2. The van der Waals surface area contributed by atoms with Crippen LogP contribution in [0.15, 0.2) is 36.5 Å². The third-order valence-corrected chi connectivity index (χ3v) is 8.50. The number of carbonyl (C=O) groups is 2. The lowest BCUT2D eigenvalue weighted by atomic mass is 9.87. The maximum absolute atomic E-state index is 13.1. The van der Waals surface area contributed by atoms with Gasteiger partial charge in [0, 0.05) is 38.1 Å². The van der Waals surface area contributed by atoms with E-state index in [9.17, 15) is 9.59 Å². The monoisotopic (exact) mass is 524 g/mol. The van der Waals surface area contributed by atoms with Crippen LogP contribution < -0.4 is 16.0 Å². The van der Waals surface area contributed by atoms with Gasteiger partial charge < -0.3 is 25.6 Å². The van der Waals surface area contributed by atoms with E-state index in [1.807, 2.05) is 24.3 Å². The molecule has 4 aliphatic rings. The summed E-state index contributed by atoms with van der Waals surface area (Å²) in [5, 5.41) is 9.42. The average molecular weight is 525 g/mol. The van der Waals surface area contributed by atoms with Gasteiger partial charge in [0.25, 0.3) is 5.91 Å². The largest absolute Gasteiger partial charge is 0.381 e. The predicted octanol–water partition coefficient (Wildman–Crippen LogP) is 4.07. The minimum atomic E-state index is -0.474. The number of aromatic nitrogens is 2. The number of nitrogens with one attached hydrogen (secondary N) is 3. The van der Waals surface area contributed by atoms with Gasteiger partial charge >= 0.3 is 0 Å². The van der Waals surface area contributed by atoms with Crippen LogP contribution >= 0.6 is 0 Å². The van der Waals surface area contributed by atoms with Crippen molar-refractivity contribution in [2.45, 2.75) is 50.1 Å². The molecule has 9 nitrogen and oxygen atoms in total. The molecule has 39 heavy (non-hydrogen) atoms. The zero-order valence-corrected chi connectivity index (χ0v) is 22.3. The van der Waals surface area contributed by atoms with E-state index in [-0.39, 0.29) is 11.8 Å². The van der Waals surface area contributed by atoms with E-state index >= 15 is 0 Å². The predicted molar refractivity (Wildman–Crippen MR) is 148 cm³/mol. The van der Waals surface area contributed by atoms with Gasteiger partial charge in [-0.05, 0) is 86.1 Å². The third kappa shape index (κ3) is 3.99. The molecule has 1 saturated carbocycles. The van der Waals surface area contributed by atoms with E-state index in [4.69, 9.17) is 9.72 Å². The fraction of sp³-hybridized carbons (Fsp3) is 0.400. The molecule has 0 unspecified atom stereocenters. The van der Waals surface area contributed by atoms with Crippen LogP contribution in [0, 0.1) is 0 Å². The van der Waals surface area contributed by atoms with Gasteiger partial charge in [-0.3, -0.25) is 9.59 Å². The van der Waals surface area contributed by atoms with Crippen LogP contribution in [-0.4, -0.2) is 54.0 Å². The average Bonchev–Trinajstić information content (AvgIpc) is 3.57. The van der Waals surface area contributed by atoms with Crippen LogP contribution in [0.1, 0.15) is 64.3 Å². The Hall–Kier alpha value is -3.82. The van der Waals surface area contributed by atoms with E-state index in [2.05, 4.69) is 46.0 Å². The van der Waals surface area contributed by atoms with Crippen LogP contribution in [0.25, 0.3) is 11.1 Å². The lowest BCUT2D eigenvalue weighted by Crippen LogP contribution is -2.20. The third-order valence-electron chi connectivity index (χ3n) is 8.50. The minimum absolute atomic E-state index is 0.0328. The second-order valence-electron chi connectivity index (χ2n) is 11.3. The molecule has 1 spiro atoms. The number of nitrogens with zero attached hydrogens (tertiary/aromatic N) is 3. The Morgan fingerprint density at radius 1 is 1.08 bits per heavy atom. The van der Waals surface area contributed by atoms with Crippen molar-refractivity contribution in [1.29, 1.82) is 0 Å². The second kappa shape index (κ2) is 9.14. The number of benzene rings is 1. The van der Waals surface area contributed by atoms with Crippen LogP contribution in [0.2, 0.25) is 0 Å². The second-order valence-corrected chi connectivity index (χ2v) is 11.3. The SMILES string of the molecule is CN(C)Cc1nc(Nc2ccc(-c3ccnc4c3C3(CC3)C(=O)N4)c3c2C(=O)NC3)ccc1C1CCOCC1. The molecule has 3 aromatic rings. The molecule has 1 saturated heterocycles. The summed E-state index contributed by atoms with van der Waals surface area (Å²) in [5.41, 5.74) is 7.05. The highest BCUT2D eigenvalue weighted by Gasteiger charge is 2.58. The van der Waals surface area contributed by atoms with Gasteiger partial charge in [0.1, 0.15) is 11.6 Å². The molecule has 5 heterocycles. The van der Waals surface area contributed by atoms with Gasteiger partial charge in [0.15, 0.2) is 0 Å². The molecule has 9 heteroatoms. The molecular weight excluding hydrogens is 492 g/mol. The molecule has 0 radical (unpaired) electrons. The van der Waals surface area contributed by atoms with Crippen molar-refractivity contribution in [3.63, 3.8) is 0 Å². The van der Waals surface area contributed by atoms with Gasteiger partial charge in [0.2, 0.25) is 5.91 Å². The van der Waals surface area contributed by atoms with Gasteiger partial charge in [-0.1, -0.05) is 12.1 Å². The summed E-state index contributed by atoms with van der Waals surface area (Å²) >= 11 is 0. The first-order valence-electron chi connectivity index (χ1n) is 13.7. The van der Waals surface area contributed by atoms with E-state index in [0.717, 1.165) is 79.1 Å². The van der Waals surface area contributed by atoms with Gasteiger partial charge in [-0.25, -0.2) is 9.97 Å². The van der Waals surface area contributed by atoms with E-state index in [1.165, 1.54) is 5.56 Å². The molecule has 2 aromatic heterocycles. The number of carbonyl (C=O) groups excluding carboxylic acids is 2. The van der Waals surface area contributed by atoms with Crippen molar-refractivity contribution < 1.29 is 14.3 Å². The quantitative estimate of drug-likeness (QED) is 0.446. The van der Waals surface area contributed by atoms with Gasteiger partial charge in [-0.2, -0.15) is 0 Å². The molecule has 1 aromatic carbocycles. The topological polar surface area (TPSA) is 108 Å². The Balaban J connectivity index is 1.26. The van der Waals surface area contributed by atoms with Crippen LogP contribution in [-0.2, 0) is 28.0 Å². The summed E-state index contributed by atoms with van der Waals surface area (Å²) in [7, 11) is 4.10. The molecule has 0 atom stereocenters. The van der Waals surface area contributed by atoms with E-state index < -0.39 is 5.41 Å². The summed E-state index contributed by atoms with van der Waals surface area (Å²) in [6.45, 7) is 2.74. The summed E-state index contributed by atoms with van der Waals surface area (Å²) in [6, 6.07) is 10.2. The summed E-state index contributed by atoms with van der Waals surface area (Å²) < 4.78 is 5.58. The van der Waals surface area contributed by atoms with Crippen molar-refractivity contribution >= 4 is 29.1 Å². The maximum Gasteiger partial charge on any atom is 0.254 e.